The van der Waals surface area contributed by atoms with Gasteiger partial charge < -0.3 is 16.4 Å². The van der Waals surface area contributed by atoms with Gasteiger partial charge in [0.15, 0.2) is 0 Å². The quantitative estimate of drug-likeness (QED) is 0.736. The van der Waals surface area contributed by atoms with E-state index < -0.39 is 23.9 Å². The predicted molar refractivity (Wildman–Crippen MR) is 82.5 cm³/mol. The van der Waals surface area contributed by atoms with Crippen molar-refractivity contribution in [2.75, 3.05) is 0 Å². The van der Waals surface area contributed by atoms with Gasteiger partial charge in [-0.25, -0.2) is 0 Å². The topological polar surface area (TPSA) is 101 Å². The Bertz CT molecular complexity index is 621. The van der Waals surface area contributed by atoms with Gasteiger partial charge in [-0.2, -0.15) is 0 Å². The van der Waals surface area contributed by atoms with Crippen LogP contribution in [0.2, 0.25) is 10.0 Å². The molecule has 2 rings (SSSR count). The highest BCUT2D eigenvalue weighted by atomic mass is 35.5. The van der Waals surface area contributed by atoms with Crippen molar-refractivity contribution in [3.63, 3.8) is 0 Å². The summed E-state index contributed by atoms with van der Waals surface area (Å²) in [5.41, 5.74) is 5.97. The van der Waals surface area contributed by atoms with Crippen LogP contribution in [0, 0.1) is 0 Å². The van der Waals surface area contributed by atoms with Crippen LogP contribution in [0.1, 0.15) is 18.4 Å². The maximum Gasteiger partial charge on any atom is 0.243 e. The average molecular weight is 344 g/mol. The molecule has 1 aliphatic heterocycles. The Balaban J connectivity index is 2.05. The maximum absolute atomic E-state index is 12.0. The number of nitrogens with two attached hydrogens (primary N) is 1. The van der Waals surface area contributed by atoms with E-state index in [0.29, 0.717) is 28.5 Å². The first-order valence-corrected chi connectivity index (χ1v) is 7.45. The molecule has 8 heteroatoms. The molecule has 0 radical (unpaired) electrons. The van der Waals surface area contributed by atoms with E-state index >= 15 is 0 Å². The van der Waals surface area contributed by atoms with Crippen molar-refractivity contribution in [2.45, 2.75) is 31.3 Å². The number of carbonyl (C=O) groups excluding carboxylic acids is 3. The molecular formula is C14H15Cl2N3O3. The summed E-state index contributed by atoms with van der Waals surface area (Å²) in [4.78, 5) is 34.7. The van der Waals surface area contributed by atoms with Crippen LogP contribution in [0.4, 0.5) is 0 Å². The van der Waals surface area contributed by atoms with Crippen molar-refractivity contribution < 1.29 is 14.4 Å². The lowest BCUT2D eigenvalue weighted by Gasteiger charge is -2.19. The van der Waals surface area contributed by atoms with E-state index in [9.17, 15) is 14.4 Å². The minimum atomic E-state index is -0.913. The second-order valence-electron chi connectivity index (χ2n) is 5.06. The first-order valence-electron chi connectivity index (χ1n) is 6.70. The van der Waals surface area contributed by atoms with E-state index in [0.717, 1.165) is 0 Å². The zero-order valence-electron chi connectivity index (χ0n) is 11.6. The molecule has 0 unspecified atom stereocenters. The van der Waals surface area contributed by atoms with Gasteiger partial charge in [-0.1, -0.05) is 29.3 Å². The number of hydrogen-bond acceptors (Lipinski definition) is 3. The molecule has 4 N–H and O–H groups in total. The van der Waals surface area contributed by atoms with Gasteiger partial charge in [-0.15, -0.1) is 0 Å². The van der Waals surface area contributed by atoms with Crippen LogP contribution < -0.4 is 16.4 Å². The molecule has 2 atom stereocenters. The lowest BCUT2D eigenvalue weighted by molar-refractivity contribution is -0.129. The van der Waals surface area contributed by atoms with Gasteiger partial charge in [0.25, 0.3) is 0 Å². The highest BCUT2D eigenvalue weighted by Gasteiger charge is 2.30. The number of amides is 3. The standard InChI is InChI=1S/C14H15Cl2N3O3/c15-8-2-1-7(9(16)6-8)5-11(13(17)21)19-14(22)10-3-4-12(20)18-10/h1-2,6,10-11H,3-5H2,(H2,17,21)(H,18,20)(H,19,22)/t10-,11-/m1/s1. The number of primary amides is 1. The second-order valence-corrected chi connectivity index (χ2v) is 5.91. The third-order valence-electron chi connectivity index (χ3n) is 3.41. The molecule has 0 aliphatic carbocycles. The monoisotopic (exact) mass is 343 g/mol. The zero-order valence-corrected chi connectivity index (χ0v) is 13.1. The Kier molecular flexibility index (Phi) is 5.26. The fourth-order valence-corrected chi connectivity index (χ4v) is 2.70. The second kappa shape index (κ2) is 6.98. The molecule has 1 aliphatic rings. The van der Waals surface area contributed by atoms with Crippen molar-refractivity contribution in [1.82, 2.24) is 10.6 Å². The van der Waals surface area contributed by atoms with Crippen LogP contribution in [0.5, 0.6) is 0 Å². The van der Waals surface area contributed by atoms with Crippen LogP contribution in [0.3, 0.4) is 0 Å². The van der Waals surface area contributed by atoms with Crippen LogP contribution in [-0.2, 0) is 20.8 Å². The number of rotatable bonds is 5. The SMILES string of the molecule is NC(=O)[C@@H](Cc1ccc(Cl)cc1Cl)NC(=O)[C@H]1CCC(=O)N1. The third kappa shape index (κ3) is 4.11. The molecule has 0 spiro atoms. The molecule has 1 aromatic carbocycles. The zero-order chi connectivity index (χ0) is 16.3. The summed E-state index contributed by atoms with van der Waals surface area (Å²) in [6.45, 7) is 0. The molecule has 118 valence electrons. The highest BCUT2D eigenvalue weighted by Crippen LogP contribution is 2.22. The molecule has 1 heterocycles. The molecule has 6 nitrogen and oxygen atoms in total. The summed E-state index contributed by atoms with van der Waals surface area (Å²) in [5, 5.41) is 5.95. The number of carbonyl (C=O) groups is 3. The van der Waals surface area contributed by atoms with E-state index in [-0.39, 0.29) is 12.3 Å². The van der Waals surface area contributed by atoms with Gasteiger partial charge in [0.05, 0.1) is 0 Å². The number of hydrogen-bond donors (Lipinski definition) is 3. The summed E-state index contributed by atoms with van der Waals surface area (Å²) >= 11 is 11.9. The first kappa shape index (κ1) is 16.6. The molecule has 0 bridgehead atoms. The van der Waals surface area contributed by atoms with E-state index in [4.69, 9.17) is 28.9 Å². The van der Waals surface area contributed by atoms with E-state index in [1.165, 1.54) is 0 Å². The van der Waals surface area contributed by atoms with Gasteiger partial charge in [-0.3, -0.25) is 14.4 Å². The lowest BCUT2D eigenvalue weighted by atomic mass is 10.0. The normalized spacial score (nSPS) is 18.6. The van der Waals surface area contributed by atoms with Gasteiger partial charge in [0.2, 0.25) is 17.7 Å². The van der Waals surface area contributed by atoms with Gasteiger partial charge in [0.1, 0.15) is 12.1 Å². The number of halogens is 2. The Morgan fingerprint density at radius 1 is 1.41 bits per heavy atom. The van der Waals surface area contributed by atoms with Gasteiger partial charge >= 0.3 is 0 Å². The molecular weight excluding hydrogens is 329 g/mol. The molecule has 22 heavy (non-hydrogen) atoms. The molecule has 1 fully saturated rings. The van der Waals surface area contributed by atoms with Crippen LogP contribution in [0.25, 0.3) is 0 Å². The lowest BCUT2D eigenvalue weighted by Crippen LogP contribution is -2.51. The maximum atomic E-state index is 12.0. The Hall–Kier alpha value is -1.79. The third-order valence-corrected chi connectivity index (χ3v) is 4.00. The predicted octanol–water partition coefficient (Wildman–Crippen LogP) is 0.785. The molecule has 0 saturated carbocycles. The van der Waals surface area contributed by atoms with Crippen molar-refractivity contribution >= 4 is 40.9 Å². The van der Waals surface area contributed by atoms with E-state index in [1.807, 2.05) is 0 Å². The Morgan fingerprint density at radius 2 is 2.14 bits per heavy atom. The smallest absolute Gasteiger partial charge is 0.243 e. The Morgan fingerprint density at radius 3 is 2.68 bits per heavy atom. The largest absolute Gasteiger partial charge is 0.368 e. The van der Waals surface area contributed by atoms with Crippen molar-refractivity contribution in [3.05, 3.63) is 33.8 Å². The van der Waals surface area contributed by atoms with E-state index in [2.05, 4.69) is 10.6 Å². The summed E-state index contributed by atoms with van der Waals surface area (Å²) in [6, 6.07) is 3.32. The Labute approximate surface area is 137 Å². The first-order chi connectivity index (χ1) is 10.4. The highest BCUT2D eigenvalue weighted by molar-refractivity contribution is 6.35. The van der Waals surface area contributed by atoms with Crippen molar-refractivity contribution in [1.29, 1.82) is 0 Å². The molecule has 3 amide bonds. The summed E-state index contributed by atoms with van der Waals surface area (Å²) in [7, 11) is 0. The fourth-order valence-electron chi connectivity index (χ4n) is 2.21. The van der Waals surface area contributed by atoms with Crippen molar-refractivity contribution in [3.8, 4) is 0 Å². The summed E-state index contributed by atoms with van der Waals surface area (Å²) in [6.07, 6.45) is 0.845. The van der Waals surface area contributed by atoms with Crippen LogP contribution >= 0.6 is 23.2 Å². The van der Waals surface area contributed by atoms with E-state index in [1.54, 1.807) is 18.2 Å². The van der Waals surface area contributed by atoms with Crippen LogP contribution in [0.15, 0.2) is 18.2 Å². The number of benzene rings is 1. The minimum absolute atomic E-state index is 0.151. The summed E-state index contributed by atoms with van der Waals surface area (Å²) < 4.78 is 0. The molecule has 0 aromatic heterocycles. The molecule has 1 aromatic rings. The summed E-state index contributed by atoms with van der Waals surface area (Å²) in [5.74, 6) is -1.29. The number of nitrogens with one attached hydrogen (secondary N) is 2. The fraction of sp³-hybridized carbons (Fsp3) is 0.357. The molecule has 1 saturated heterocycles. The van der Waals surface area contributed by atoms with Gasteiger partial charge in [-0.05, 0) is 24.1 Å². The van der Waals surface area contributed by atoms with Crippen LogP contribution in [-0.4, -0.2) is 29.8 Å². The average Bonchev–Trinajstić information content (AvgIpc) is 2.87. The minimum Gasteiger partial charge on any atom is -0.368 e. The van der Waals surface area contributed by atoms with Gasteiger partial charge in [0, 0.05) is 22.9 Å². The van der Waals surface area contributed by atoms with Crippen molar-refractivity contribution in [2.24, 2.45) is 5.73 Å².